The van der Waals surface area contributed by atoms with E-state index in [0.717, 1.165) is 6.29 Å². The van der Waals surface area contributed by atoms with Gasteiger partial charge in [0.15, 0.2) is 20.7 Å². The van der Waals surface area contributed by atoms with E-state index >= 15 is 0 Å². The summed E-state index contributed by atoms with van der Waals surface area (Å²) in [5.41, 5.74) is 1.23. The molecule has 0 aliphatic heterocycles. The van der Waals surface area contributed by atoms with Crippen molar-refractivity contribution in [3.63, 3.8) is 0 Å². The van der Waals surface area contributed by atoms with Crippen LogP contribution in [0.2, 0.25) is 34.8 Å². The third-order valence-electron chi connectivity index (χ3n) is 5.59. The quantitative estimate of drug-likeness (QED) is 0.212. The molecule has 6 heteroatoms. The molecule has 0 saturated carbocycles. The Morgan fingerprint density at radius 3 is 1.62 bits per heavy atom. The zero-order valence-corrected chi connectivity index (χ0v) is 19.7. The highest BCUT2D eigenvalue weighted by atomic mass is 28.4. The van der Waals surface area contributed by atoms with Crippen molar-refractivity contribution in [1.29, 1.82) is 0 Å². The Balaban J connectivity index is 4.98. The molecule has 144 valence electrons. The van der Waals surface area contributed by atoms with Gasteiger partial charge in [0.05, 0.1) is 6.61 Å². The van der Waals surface area contributed by atoms with Gasteiger partial charge in [-0.3, -0.25) is 4.58 Å². The molecular weight excluding hydrogens is 336 g/mol. The number of rotatable bonds is 10. The number of aldehydes is 1. The van der Waals surface area contributed by atoms with Crippen LogP contribution in [0.5, 0.6) is 0 Å². The van der Waals surface area contributed by atoms with Crippen molar-refractivity contribution in [2.45, 2.75) is 103 Å². The van der Waals surface area contributed by atoms with E-state index in [2.05, 4.69) is 75.4 Å². The van der Waals surface area contributed by atoms with E-state index in [9.17, 15) is 4.79 Å². The molecule has 0 spiro atoms. The van der Waals surface area contributed by atoms with Gasteiger partial charge in [-0.15, -0.1) is 0 Å². The van der Waals surface area contributed by atoms with Gasteiger partial charge in [0.25, 0.3) is 0 Å². The molecule has 0 radical (unpaired) electrons. The van der Waals surface area contributed by atoms with Gasteiger partial charge in [-0.1, -0.05) is 62.3 Å². The summed E-state index contributed by atoms with van der Waals surface area (Å²) >= 11 is 0. The lowest BCUT2D eigenvalue weighted by Gasteiger charge is -2.41. The summed E-state index contributed by atoms with van der Waals surface area (Å²) < 4.78 is 12.2. The molecule has 1 atom stereocenters. The van der Waals surface area contributed by atoms with Gasteiger partial charge < -0.3 is 9.22 Å². The number of carbonyl (C=O) groups excluding carboxylic acids is 1. The van der Waals surface area contributed by atoms with Crippen molar-refractivity contribution < 1.29 is 18.7 Å². The smallest absolute Gasteiger partial charge is 0.246 e. The molecule has 24 heavy (non-hydrogen) atoms. The average Bonchev–Trinajstić information content (AvgIpc) is 2.40. The lowest BCUT2D eigenvalue weighted by Crippen LogP contribution is -2.49. The van der Waals surface area contributed by atoms with Crippen molar-refractivity contribution in [1.82, 2.24) is 0 Å². The Kier molecular flexibility index (Phi) is 9.07. The van der Waals surface area contributed by atoms with Crippen molar-refractivity contribution >= 4 is 22.9 Å². The molecule has 1 unspecified atom stereocenters. The van der Waals surface area contributed by atoms with Crippen LogP contribution >= 0.6 is 0 Å². The summed E-state index contributed by atoms with van der Waals surface area (Å²) in [6.07, 6.45) is 0.134. The molecule has 0 bridgehead atoms. The van der Waals surface area contributed by atoms with Crippen LogP contribution in [0, 0.1) is 0 Å². The third-order valence-corrected chi connectivity index (χ3v) is 15.9. The highest BCUT2D eigenvalue weighted by molar-refractivity contribution is 6.77. The normalized spacial score (nSPS) is 15.4. The lowest BCUT2D eigenvalue weighted by atomic mass is 10.2. The van der Waals surface area contributed by atoms with Crippen LogP contribution in [0.4, 0.5) is 0 Å². The van der Waals surface area contributed by atoms with Crippen LogP contribution in [0.15, 0.2) is 0 Å². The largest absolute Gasteiger partial charge is 0.414 e. The average molecular weight is 377 g/mol. The summed E-state index contributed by atoms with van der Waals surface area (Å²) in [6, 6.07) is 0. The molecule has 0 fully saturated rings. The first-order valence-electron chi connectivity index (χ1n) is 9.16. The van der Waals surface area contributed by atoms with Gasteiger partial charge in [0.1, 0.15) is 0 Å². The molecule has 0 amide bonds. The van der Waals surface area contributed by atoms with Gasteiger partial charge in [0, 0.05) is 0 Å². The monoisotopic (exact) mass is 376 g/mol. The van der Waals surface area contributed by atoms with E-state index in [1.165, 1.54) is 0 Å². The maximum absolute atomic E-state index is 11.4. The highest BCUT2D eigenvalue weighted by Crippen LogP contribution is 2.42. The fraction of sp³-hybridized carbons (Fsp3) is 0.944. The van der Waals surface area contributed by atoms with Crippen molar-refractivity contribution in [3.8, 4) is 0 Å². The van der Waals surface area contributed by atoms with Crippen LogP contribution in [0.1, 0.15) is 62.3 Å². The van der Waals surface area contributed by atoms with Crippen LogP contribution in [-0.2, 0) is 18.7 Å². The molecule has 0 heterocycles. The first kappa shape index (κ1) is 24.0. The Morgan fingerprint density at radius 2 is 1.33 bits per heavy atom. The van der Waals surface area contributed by atoms with Gasteiger partial charge in [0.2, 0.25) is 8.32 Å². The van der Waals surface area contributed by atoms with E-state index in [0.29, 0.717) is 16.6 Å². The Morgan fingerprint density at radius 1 is 0.917 bits per heavy atom. The lowest BCUT2D eigenvalue weighted by molar-refractivity contribution is -0.255. The van der Waals surface area contributed by atoms with E-state index < -0.39 is 22.7 Å². The fourth-order valence-electron chi connectivity index (χ4n) is 3.03. The standard InChI is InChI=1S/C18H40O4Si2/c1-14(2)24(15(3)4,16(5)6)22-21-17(12-19)13-20-23(10,11)18(7,8)9/h12,14-17H,13H2,1-11H3. The minimum atomic E-state index is -2.14. The van der Waals surface area contributed by atoms with Crippen LogP contribution < -0.4 is 0 Å². The molecule has 0 aromatic rings. The predicted octanol–water partition coefficient (Wildman–Crippen LogP) is 5.70. The predicted molar refractivity (Wildman–Crippen MR) is 106 cm³/mol. The Bertz CT molecular complexity index is 365. The molecule has 0 aliphatic rings. The molecular formula is C18H40O4Si2. The SMILES string of the molecule is CC(C)[Si](OOC(C=O)CO[Si](C)(C)C(C)(C)C)(C(C)C)C(C)C. The Labute approximate surface area is 151 Å². The second-order valence-corrected chi connectivity index (χ2v) is 19.4. The van der Waals surface area contributed by atoms with Gasteiger partial charge in [-0.05, 0) is 34.8 Å². The fourth-order valence-corrected chi connectivity index (χ4v) is 8.91. The number of hydrogen-bond acceptors (Lipinski definition) is 4. The Hall–Kier alpha value is -0.0162. The summed E-state index contributed by atoms with van der Waals surface area (Å²) in [7, 11) is -4.05. The molecule has 0 aromatic heterocycles. The van der Waals surface area contributed by atoms with Crippen LogP contribution in [0.3, 0.4) is 0 Å². The minimum Gasteiger partial charge on any atom is -0.414 e. The number of carbonyl (C=O) groups is 1. The molecule has 0 rings (SSSR count). The van der Waals surface area contributed by atoms with Gasteiger partial charge in [-0.25, -0.2) is 4.89 Å². The zero-order chi connectivity index (χ0) is 19.3. The molecule has 0 aliphatic carbocycles. The summed E-state index contributed by atoms with van der Waals surface area (Å²) in [6.45, 7) is 24.3. The molecule has 0 N–H and O–H groups in total. The third kappa shape index (κ3) is 5.76. The first-order valence-corrected chi connectivity index (χ1v) is 14.2. The van der Waals surface area contributed by atoms with Gasteiger partial charge >= 0.3 is 0 Å². The van der Waals surface area contributed by atoms with Crippen LogP contribution in [0.25, 0.3) is 0 Å². The molecule has 4 nitrogen and oxygen atoms in total. The van der Waals surface area contributed by atoms with E-state index in [4.69, 9.17) is 13.9 Å². The van der Waals surface area contributed by atoms with Crippen LogP contribution in [-0.4, -0.2) is 35.6 Å². The molecule has 0 saturated heterocycles. The first-order chi connectivity index (χ1) is 10.7. The maximum atomic E-state index is 11.4. The van der Waals surface area contributed by atoms with E-state index in [1.54, 1.807) is 0 Å². The van der Waals surface area contributed by atoms with E-state index in [-0.39, 0.29) is 11.6 Å². The zero-order valence-electron chi connectivity index (χ0n) is 17.7. The minimum absolute atomic E-state index is 0.105. The van der Waals surface area contributed by atoms with Crippen molar-refractivity contribution in [3.05, 3.63) is 0 Å². The van der Waals surface area contributed by atoms with Crippen molar-refractivity contribution in [2.75, 3.05) is 6.61 Å². The second kappa shape index (κ2) is 9.08. The number of hydrogen-bond donors (Lipinski definition) is 0. The van der Waals surface area contributed by atoms with E-state index in [1.807, 2.05) is 0 Å². The summed E-state index contributed by atoms with van der Waals surface area (Å²) in [4.78, 5) is 17.1. The van der Waals surface area contributed by atoms with Crippen molar-refractivity contribution in [2.24, 2.45) is 0 Å². The summed E-state index contributed by atoms with van der Waals surface area (Å²) in [5.74, 6) is 0. The van der Waals surface area contributed by atoms with Gasteiger partial charge in [-0.2, -0.15) is 0 Å². The highest BCUT2D eigenvalue weighted by Gasteiger charge is 2.47. The topological polar surface area (TPSA) is 44.8 Å². The summed E-state index contributed by atoms with van der Waals surface area (Å²) in [5, 5.41) is 0.105. The second-order valence-electron chi connectivity index (χ2n) is 9.24. The maximum Gasteiger partial charge on any atom is 0.246 e. The molecule has 0 aromatic carbocycles.